The van der Waals surface area contributed by atoms with Gasteiger partial charge in [-0.05, 0) is 31.0 Å². The SMILES string of the molecule is O=C1NCCc2[nH]c(-c3ccncc3OCC3CCCO3)c(Nc3cccc4oncc34)c21. The fraction of sp³-hybridized carbons (Fsp3) is 0.292. The fourth-order valence-corrected chi connectivity index (χ4v) is 4.50. The second-order valence-corrected chi connectivity index (χ2v) is 8.22. The van der Waals surface area contributed by atoms with Crippen LogP contribution in [0.15, 0.2) is 47.4 Å². The van der Waals surface area contributed by atoms with Crippen molar-refractivity contribution >= 4 is 28.3 Å². The van der Waals surface area contributed by atoms with Gasteiger partial charge in [-0.2, -0.15) is 0 Å². The number of pyridine rings is 1. The van der Waals surface area contributed by atoms with E-state index in [1.807, 2.05) is 24.3 Å². The first-order valence-corrected chi connectivity index (χ1v) is 11.1. The van der Waals surface area contributed by atoms with E-state index in [1.54, 1.807) is 18.6 Å². The Hall–Kier alpha value is -3.85. The number of aromatic amines is 1. The van der Waals surface area contributed by atoms with Crippen molar-refractivity contribution in [1.82, 2.24) is 20.4 Å². The van der Waals surface area contributed by atoms with Crippen molar-refractivity contribution in [2.45, 2.75) is 25.4 Å². The molecule has 1 atom stereocenters. The molecule has 9 nitrogen and oxygen atoms in total. The zero-order chi connectivity index (χ0) is 22.2. The molecule has 0 spiro atoms. The average Bonchev–Trinajstić information content (AvgIpc) is 3.59. The van der Waals surface area contributed by atoms with Crippen molar-refractivity contribution in [2.24, 2.45) is 0 Å². The number of benzene rings is 1. The molecule has 3 aromatic heterocycles. The molecule has 33 heavy (non-hydrogen) atoms. The molecule has 2 aliphatic rings. The van der Waals surface area contributed by atoms with Crippen molar-refractivity contribution in [2.75, 3.05) is 25.1 Å². The van der Waals surface area contributed by atoms with Gasteiger partial charge in [-0.3, -0.25) is 9.78 Å². The van der Waals surface area contributed by atoms with Gasteiger partial charge in [0, 0.05) is 37.0 Å². The van der Waals surface area contributed by atoms with E-state index in [-0.39, 0.29) is 12.0 Å². The van der Waals surface area contributed by atoms with E-state index in [9.17, 15) is 4.79 Å². The van der Waals surface area contributed by atoms with Crippen molar-refractivity contribution in [1.29, 1.82) is 0 Å². The van der Waals surface area contributed by atoms with Crippen molar-refractivity contribution in [3.63, 3.8) is 0 Å². The molecule has 1 aromatic carbocycles. The number of hydrogen-bond donors (Lipinski definition) is 3. The minimum atomic E-state index is -0.116. The number of H-pyrrole nitrogens is 1. The molecule has 1 unspecified atom stereocenters. The van der Waals surface area contributed by atoms with Gasteiger partial charge in [0.2, 0.25) is 0 Å². The van der Waals surface area contributed by atoms with Crippen LogP contribution in [0.25, 0.3) is 22.2 Å². The summed E-state index contributed by atoms with van der Waals surface area (Å²) < 4.78 is 17.1. The number of nitrogens with one attached hydrogen (secondary N) is 3. The smallest absolute Gasteiger partial charge is 0.255 e. The van der Waals surface area contributed by atoms with E-state index in [0.717, 1.165) is 47.5 Å². The summed E-state index contributed by atoms with van der Waals surface area (Å²) in [6, 6.07) is 7.57. The van der Waals surface area contributed by atoms with E-state index >= 15 is 0 Å². The highest BCUT2D eigenvalue weighted by molar-refractivity contribution is 6.07. The first-order valence-electron chi connectivity index (χ1n) is 11.1. The number of carbonyl (C=O) groups is 1. The Labute approximate surface area is 189 Å². The molecule has 1 saturated heterocycles. The summed E-state index contributed by atoms with van der Waals surface area (Å²) in [6.07, 6.45) is 7.93. The molecule has 168 valence electrons. The van der Waals surface area contributed by atoms with Gasteiger partial charge in [-0.1, -0.05) is 11.2 Å². The van der Waals surface area contributed by atoms with Gasteiger partial charge >= 0.3 is 0 Å². The Bertz CT molecular complexity index is 1320. The molecule has 1 fully saturated rings. The summed E-state index contributed by atoms with van der Waals surface area (Å²) in [5.74, 6) is 0.521. The van der Waals surface area contributed by atoms with Crippen molar-refractivity contribution in [3.8, 4) is 17.0 Å². The lowest BCUT2D eigenvalue weighted by molar-refractivity contribution is 0.0680. The number of amides is 1. The Kier molecular flexibility index (Phi) is 4.95. The predicted octanol–water partition coefficient (Wildman–Crippen LogP) is 3.81. The Morgan fingerprint density at radius 2 is 2.21 bits per heavy atom. The van der Waals surface area contributed by atoms with Gasteiger partial charge in [0.25, 0.3) is 5.91 Å². The van der Waals surface area contributed by atoms with Crippen LogP contribution in [0.3, 0.4) is 0 Å². The summed E-state index contributed by atoms with van der Waals surface area (Å²) in [4.78, 5) is 20.6. The lowest BCUT2D eigenvalue weighted by Crippen LogP contribution is -2.31. The maximum atomic E-state index is 12.9. The normalized spacial score (nSPS) is 17.7. The second kappa shape index (κ2) is 8.25. The standard InChI is InChI=1S/C24H23N5O4/c30-24-21-18(7-9-26-24)29-22(23(21)28-17-4-1-5-19-16(17)11-27-33-19)15-6-8-25-12-20(15)32-13-14-3-2-10-31-14/h1,4-6,8,11-12,14,28-29H,2-3,7,9-10,13H2,(H,26,30). The monoisotopic (exact) mass is 445 g/mol. The van der Waals surface area contributed by atoms with Gasteiger partial charge in [0.1, 0.15) is 12.4 Å². The van der Waals surface area contributed by atoms with Crippen LogP contribution in [0, 0.1) is 0 Å². The van der Waals surface area contributed by atoms with Crippen LogP contribution in [-0.4, -0.2) is 46.9 Å². The summed E-state index contributed by atoms with van der Waals surface area (Å²) >= 11 is 0. The van der Waals surface area contributed by atoms with E-state index in [1.165, 1.54) is 0 Å². The third-order valence-corrected chi connectivity index (χ3v) is 6.13. The number of aromatic nitrogens is 3. The zero-order valence-corrected chi connectivity index (χ0v) is 17.9. The minimum absolute atomic E-state index is 0.0875. The van der Waals surface area contributed by atoms with E-state index in [2.05, 4.69) is 25.8 Å². The van der Waals surface area contributed by atoms with Gasteiger partial charge in [-0.25, -0.2) is 0 Å². The third kappa shape index (κ3) is 3.60. The van der Waals surface area contributed by atoms with Crippen LogP contribution in [0.1, 0.15) is 28.9 Å². The highest BCUT2D eigenvalue weighted by Gasteiger charge is 2.29. The predicted molar refractivity (Wildman–Crippen MR) is 122 cm³/mol. The highest BCUT2D eigenvalue weighted by Crippen LogP contribution is 2.41. The van der Waals surface area contributed by atoms with Crippen LogP contribution >= 0.6 is 0 Å². The fourth-order valence-electron chi connectivity index (χ4n) is 4.50. The molecule has 1 amide bonds. The topological polar surface area (TPSA) is 114 Å². The van der Waals surface area contributed by atoms with Gasteiger partial charge in [0.05, 0.1) is 46.5 Å². The number of anilines is 2. The molecule has 2 aliphatic heterocycles. The molecule has 5 heterocycles. The molecule has 0 radical (unpaired) electrons. The molecular weight excluding hydrogens is 422 g/mol. The Balaban J connectivity index is 1.44. The average molecular weight is 445 g/mol. The lowest BCUT2D eigenvalue weighted by Gasteiger charge is -2.16. The molecule has 9 heteroatoms. The number of rotatable bonds is 6. The number of nitrogens with zero attached hydrogens (tertiary/aromatic N) is 2. The highest BCUT2D eigenvalue weighted by atomic mass is 16.5. The zero-order valence-electron chi connectivity index (χ0n) is 17.9. The molecule has 6 rings (SSSR count). The molecule has 4 aromatic rings. The third-order valence-electron chi connectivity index (χ3n) is 6.13. The number of hydrogen-bond acceptors (Lipinski definition) is 7. The largest absolute Gasteiger partial charge is 0.489 e. The first kappa shape index (κ1) is 19.8. The Morgan fingerprint density at radius 3 is 3.12 bits per heavy atom. The van der Waals surface area contributed by atoms with Crippen LogP contribution in [0.4, 0.5) is 11.4 Å². The maximum Gasteiger partial charge on any atom is 0.255 e. The maximum absolute atomic E-state index is 12.9. The quantitative estimate of drug-likeness (QED) is 0.413. The summed E-state index contributed by atoms with van der Waals surface area (Å²) in [5, 5.41) is 11.2. The lowest BCUT2D eigenvalue weighted by atomic mass is 10.0. The van der Waals surface area contributed by atoms with Crippen LogP contribution in [0.5, 0.6) is 5.75 Å². The molecule has 0 aliphatic carbocycles. The number of ether oxygens (including phenoxy) is 2. The van der Waals surface area contributed by atoms with Crippen LogP contribution in [-0.2, 0) is 11.2 Å². The minimum Gasteiger partial charge on any atom is -0.489 e. The van der Waals surface area contributed by atoms with Gasteiger partial charge in [0.15, 0.2) is 5.58 Å². The van der Waals surface area contributed by atoms with E-state index in [4.69, 9.17) is 14.0 Å². The molecule has 0 saturated carbocycles. The van der Waals surface area contributed by atoms with Crippen molar-refractivity contribution < 1.29 is 18.8 Å². The van der Waals surface area contributed by atoms with E-state index in [0.29, 0.717) is 42.2 Å². The number of carbonyl (C=O) groups excluding carboxylic acids is 1. The van der Waals surface area contributed by atoms with Crippen molar-refractivity contribution in [3.05, 3.63) is 54.1 Å². The summed E-state index contributed by atoms with van der Waals surface area (Å²) in [7, 11) is 0. The first-order chi connectivity index (χ1) is 16.3. The summed E-state index contributed by atoms with van der Waals surface area (Å²) in [6.45, 7) is 1.82. The van der Waals surface area contributed by atoms with Gasteiger partial charge in [-0.15, -0.1) is 0 Å². The molecule has 3 N–H and O–H groups in total. The molecule has 0 bridgehead atoms. The Morgan fingerprint density at radius 1 is 1.24 bits per heavy atom. The van der Waals surface area contributed by atoms with Gasteiger partial charge < -0.3 is 29.6 Å². The van der Waals surface area contributed by atoms with Crippen LogP contribution in [0.2, 0.25) is 0 Å². The second-order valence-electron chi connectivity index (χ2n) is 8.22. The van der Waals surface area contributed by atoms with E-state index < -0.39 is 0 Å². The number of fused-ring (bicyclic) bond motifs is 2. The molecular formula is C24H23N5O4. The van der Waals surface area contributed by atoms with Crippen LogP contribution < -0.4 is 15.4 Å². The summed E-state index contributed by atoms with van der Waals surface area (Å²) in [5.41, 5.74) is 5.23.